The average Bonchev–Trinajstić information content (AvgIpc) is 3.22. The fourth-order valence-corrected chi connectivity index (χ4v) is 5.42. The second kappa shape index (κ2) is 15.5. The van der Waals surface area contributed by atoms with E-state index in [4.69, 9.17) is 4.74 Å². The molecule has 236 valence electrons. The van der Waals surface area contributed by atoms with E-state index in [0.717, 1.165) is 39.1 Å². The van der Waals surface area contributed by atoms with E-state index < -0.39 is 18.0 Å². The van der Waals surface area contributed by atoms with E-state index >= 15 is 0 Å². The summed E-state index contributed by atoms with van der Waals surface area (Å²) >= 11 is 0. The summed E-state index contributed by atoms with van der Waals surface area (Å²) in [5.41, 5.74) is 6.58. The first-order valence-electron chi connectivity index (χ1n) is 15.5. The maximum absolute atomic E-state index is 13.6. The zero-order valence-electron chi connectivity index (χ0n) is 25.8. The zero-order chi connectivity index (χ0) is 32.3. The predicted octanol–water partition coefficient (Wildman–Crippen LogP) is 5.27. The molecule has 3 N–H and O–H groups in total. The number of aryl methyl sites for hydroxylation is 1. The number of para-hydroxylation sites is 1. The van der Waals surface area contributed by atoms with Crippen LogP contribution >= 0.6 is 0 Å². The van der Waals surface area contributed by atoms with Crippen LogP contribution in [-0.4, -0.2) is 36.4 Å². The van der Waals surface area contributed by atoms with Gasteiger partial charge in [0, 0.05) is 18.7 Å². The molecule has 4 aromatic carbocycles. The van der Waals surface area contributed by atoms with E-state index in [2.05, 4.69) is 16.0 Å². The Hall–Kier alpha value is -5.44. The fraction of sp³-hybridized carbons (Fsp3) is 0.243. The highest BCUT2D eigenvalue weighted by atomic mass is 16.5. The Kier molecular flexibility index (Phi) is 10.8. The predicted molar refractivity (Wildman–Crippen MR) is 177 cm³/mol. The van der Waals surface area contributed by atoms with Crippen LogP contribution in [0.3, 0.4) is 0 Å². The first-order chi connectivity index (χ1) is 22.4. The van der Waals surface area contributed by atoms with Crippen molar-refractivity contribution in [2.24, 2.45) is 0 Å². The molecule has 0 unspecified atom stereocenters. The van der Waals surface area contributed by atoms with Crippen molar-refractivity contribution in [1.29, 1.82) is 0 Å². The molecule has 0 fully saturated rings. The molecule has 4 amide bonds. The monoisotopic (exact) mass is 618 g/mol. The molecule has 46 heavy (non-hydrogen) atoms. The van der Waals surface area contributed by atoms with Crippen molar-refractivity contribution in [2.75, 3.05) is 11.4 Å². The molecule has 0 spiro atoms. The number of hydrogen-bond acceptors (Lipinski definition) is 5. The first kappa shape index (κ1) is 32.0. The highest BCUT2D eigenvalue weighted by Gasteiger charge is 2.31. The number of esters is 1. The van der Waals surface area contributed by atoms with Gasteiger partial charge in [-0.1, -0.05) is 104 Å². The molecule has 0 bridgehead atoms. The van der Waals surface area contributed by atoms with E-state index in [0.29, 0.717) is 25.8 Å². The Morgan fingerprint density at radius 1 is 0.826 bits per heavy atom. The maximum atomic E-state index is 13.6. The third-order valence-electron chi connectivity index (χ3n) is 7.90. The number of benzene rings is 4. The van der Waals surface area contributed by atoms with Crippen molar-refractivity contribution < 1.29 is 23.9 Å². The Bertz CT molecular complexity index is 1670. The van der Waals surface area contributed by atoms with Crippen LogP contribution in [0, 0.1) is 0 Å². The number of hydrogen-bond donors (Lipinski definition) is 3. The Balaban J connectivity index is 1.20. The van der Waals surface area contributed by atoms with Gasteiger partial charge in [-0.05, 0) is 52.3 Å². The van der Waals surface area contributed by atoms with Gasteiger partial charge in [-0.25, -0.2) is 4.79 Å². The van der Waals surface area contributed by atoms with E-state index in [1.165, 1.54) is 0 Å². The molecule has 4 aromatic rings. The molecule has 1 heterocycles. The number of rotatable bonds is 11. The van der Waals surface area contributed by atoms with Gasteiger partial charge in [0.05, 0.1) is 6.54 Å². The standard InChI is InChI=1S/C37H38N4O5/c1-2-34(42)40-32-21-20-29-12-7-9-15-33(29)41(36(32)44)24-26-16-18-28(19-17-26)31-14-8-6-13-30(31)22-38-37(45)39-23-35(43)46-25-27-10-4-3-5-11-27/h3-19,32H,2,20-25H2,1H3,(H,40,42)(H2,38,39,45)/t32-/m1/s1. The number of anilines is 1. The van der Waals surface area contributed by atoms with Gasteiger partial charge in [0.25, 0.3) is 0 Å². The second-order valence-corrected chi connectivity index (χ2v) is 11.1. The van der Waals surface area contributed by atoms with E-state index in [-0.39, 0.29) is 31.5 Å². The summed E-state index contributed by atoms with van der Waals surface area (Å²) in [4.78, 5) is 52.1. The van der Waals surface area contributed by atoms with E-state index in [1.54, 1.807) is 11.8 Å². The lowest BCUT2D eigenvalue weighted by Gasteiger charge is -2.26. The number of carbonyl (C=O) groups is 4. The largest absolute Gasteiger partial charge is 0.460 e. The van der Waals surface area contributed by atoms with Gasteiger partial charge < -0.3 is 25.6 Å². The second-order valence-electron chi connectivity index (χ2n) is 11.1. The minimum Gasteiger partial charge on any atom is -0.460 e. The maximum Gasteiger partial charge on any atom is 0.325 e. The molecule has 0 saturated carbocycles. The number of ether oxygens (including phenoxy) is 1. The van der Waals surface area contributed by atoms with E-state index in [1.807, 2.05) is 103 Å². The summed E-state index contributed by atoms with van der Waals surface area (Å²) in [6.45, 7) is 2.31. The quantitative estimate of drug-likeness (QED) is 0.198. The Morgan fingerprint density at radius 3 is 2.33 bits per heavy atom. The van der Waals surface area contributed by atoms with Gasteiger partial charge in [-0.3, -0.25) is 14.4 Å². The number of nitrogens with zero attached hydrogens (tertiary/aromatic N) is 1. The zero-order valence-corrected chi connectivity index (χ0v) is 25.8. The lowest BCUT2D eigenvalue weighted by atomic mass is 9.98. The van der Waals surface area contributed by atoms with Crippen LogP contribution in [0.2, 0.25) is 0 Å². The van der Waals surface area contributed by atoms with Crippen LogP contribution in [0.1, 0.15) is 42.0 Å². The van der Waals surface area contributed by atoms with Crippen LogP contribution in [0.5, 0.6) is 0 Å². The number of amides is 4. The fourth-order valence-electron chi connectivity index (χ4n) is 5.42. The van der Waals surface area contributed by atoms with Gasteiger partial charge in [0.2, 0.25) is 11.8 Å². The molecular weight excluding hydrogens is 580 g/mol. The average molecular weight is 619 g/mol. The topological polar surface area (TPSA) is 117 Å². The van der Waals surface area contributed by atoms with Crippen molar-refractivity contribution in [3.8, 4) is 11.1 Å². The summed E-state index contributed by atoms with van der Waals surface area (Å²) < 4.78 is 5.21. The summed E-state index contributed by atoms with van der Waals surface area (Å²) in [6, 6.07) is 31.9. The molecule has 0 aliphatic carbocycles. The third kappa shape index (κ3) is 8.38. The normalized spacial score (nSPS) is 14.1. The van der Waals surface area contributed by atoms with Crippen LogP contribution < -0.4 is 20.9 Å². The summed E-state index contributed by atoms with van der Waals surface area (Å²) in [5, 5.41) is 8.26. The van der Waals surface area contributed by atoms with Crippen LogP contribution in [-0.2, 0) is 45.2 Å². The summed E-state index contributed by atoms with van der Waals surface area (Å²) in [6.07, 6.45) is 1.58. The van der Waals surface area contributed by atoms with Gasteiger partial charge in [-0.2, -0.15) is 0 Å². The number of nitrogens with one attached hydrogen (secondary N) is 3. The molecule has 0 aromatic heterocycles. The van der Waals surface area contributed by atoms with Crippen molar-refractivity contribution >= 4 is 29.5 Å². The van der Waals surface area contributed by atoms with Gasteiger partial charge in [0.1, 0.15) is 19.2 Å². The lowest BCUT2D eigenvalue weighted by Crippen LogP contribution is -2.47. The molecule has 5 rings (SSSR count). The van der Waals surface area contributed by atoms with Crippen LogP contribution in [0.15, 0.2) is 103 Å². The smallest absolute Gasteiger partial charge is 0.325 e. The van der Waals surface area contributed by atoms with Crippen molar-refractivity contribution in [3.05, 3.63) is 125 Å². The van der Waals surface area contributed by atoms with Crippen molar-refractivity contribution in [3.63, 3.8) is 0 Å². The Labute approximate surface area is 269 Å². The number of fused-ring (bicyclic) bond motifs is 1. The SMILES string of the molecule is CCC(=O)N[C@@H]1CCc2ccccc2N(Cc2ccc(-c3ccccc3CNC(=O)NCC(=O)OCc3ccccc3)cc2)C1=O. The highest BCUT2D eigenvalue weighted by molar-refractivity contribution is 6.00. The van der Waals surface area contributed by atoms with Crippen LogP contribution in [0.25, 0.3) is 11.1 Å². The van der Waals surface area contributed by atoms with Gasteiger partial charge in [-0.15, -0.1) is 0 Å². The Morgan fingerprint density at radius 2 is 1.54 bits per heavy atom. The minimum atomic E-state index is -0.573. The molecule has 1 aliphatic heterocycles. The highest BCUT2D eigenvalue weighted by Crippen LogP contribution is 2.30. The number of urea groups is 1. The molecule has 9 nitrogen and oxygen atoms in total. The molecular formula is C37H38N4O5. The molecule has 0 saturated heterocycles. The van der Waals surface area contributed by atoms with Gasteiger partial charge in [0.15, 0.2) is 0 Å². The van der Waals surface area contributed by atoms with E-state index in [9.17, 15) is 19.2 Å². The molecule has 0 radical (unpaired) electrons. The summed E-state index contributed by atoms with van der Waals surface area (Å²) in [7, 11) is 0. The summed E-state index contributed by atoms with van der Waals surface area (Å²) in [5.74, 6) is -0.776. The first-order valence-corrected chi connectivity index (χ1v) is 15.5. The van der Waals surface area contributed by atoms with Crippen molar-refractivity contribution in [2.45, 2.75) is 51.9 Å². The van der Waals surface area contributed by atoms with Gasteiger partial charge >= 0.3 is 12.0 Å². The molecule has 1 aliphatic rings. The van der Waals surface area contributed by atoms with Crippen LogP contribution in [0.4, 0.5) is 10.5 Å². The molecule has 9 heteroatoms. The van der Waals surface area contributed by atoms with Crippen molar-refractivity contribution in [1.82, 2.24) is 16.0 Å². The minimum absolute atomic E-state index is 0.116. The lowest BCUT2D eigenvalue weighted by molar-refractivity contribution is -0.143. The molecule has 1 atom stereocenters. The number of carbonyl (C=O) groups excluding carboxylic acids is 4. The third-order valence-corrected chi connectivity index (χ3v) is 7.90.